The van der Waals surface area contributed by atoms with Gasteiger partial charge in [0.15, 0.2) is 11.5 Å². The standard InChI is InChI=1S/C14H20BrNO2/c1-17-13-11(3-4-12(15)14(13)18-2)9-10-5-7-16-8-6-10/h3-4,10,16H,5-9H2,1-2H3. The number of hydrogen-bond acceptors (Lipinski definition) is 3. The first-order chi connectivity index (χ1) is 8.76. The van der Waals surface area contributed by atoms with Crippen molar-refractivity contribution in [3.05, 3.63) is 22.2 Å². The molecule has 1 aromatic carbocycles. The molecule has 0 aromatic heterocycles. The second-order valence-electron chi connectivity index (χ2n) is 4.67. The molecule has 1 fully saturated rings. The van der Waals surface area contributed by atoms with Crippen molar-refractivity contribution in [3.63, 3.8) is 0 Å². The monoisotopic (exact) mass is 313 g/mol. The van der Waals surface area contributed by atoms with E-state index in [2.05, 4.69) is 27.3 Å². The molecule has 100 valence electrons. The number of hydrogen-bond donors (Lipinski definition) is 1. The minimum atomic E-state index is 0.742. The third-order valence-electron chi connectivity index (χ3n) is 3.52. The van der Waals surface area contributed by atoms with Crippen molar-refractivity contribution in [3.8, 4) is 11.5 Å². The number of benzene rings is 1. The number of nitrogens with one attached hydrogen (secondary N) is 1. The summed E-state index contributed by atoms with van der Waals surface area (Å²) in [5.41, 5.74) is 1.24. The van der Waals surface area contributed by atoms with Gasteiger partial charge >= 0.3 is 0 Å². The fourth-order valence-electron chi connectivity index (χ4n) is 2.55. The van der Waals surface area contributed by atoms with Crippen LogP contribution in [0.5, 0.6) is 11.5 Å². The van der Waals surface area contributed by atoms with Gasteiger partial charge in [-0.25, -0.2) is 0 Å². The molecule has 2 rings (SSSR count). The van der Waals surface area contributed by atoms with Gasteiger partial charge in [-0.3, -0.25) is 0 Å². The van der Waals surface area contributed by atoms with Crippen LogP contribution >= 0.6 is 15.9 Å². The molecule has 0 saturated carbocycles. The average Bonchev–Trinajstić information content (AvgIpc) is 2.41. The number of piperidine rings is 1. The minimum absolute atomic E-state index is 0.742. The molecule has 1 aliphatic rings. The lowest BCUT2D eigenvalue weighted by atomic mass is 9.90. The van der Waals surface area contributed by atoms with E-state index in [9.17, 15) is 0 Å². The number of ether oxygens (including phenoxy) is 2. The Balaban J connectivity index is 2.21. The second kappa shape index (κ2) is 6.43. The van der Waals surface area contributed by atoms with E-state index in [1.165, 1.54) is 18.4 Å². The Morgan fingerprint density at radius 3 is 2.44 bits per heavy atom. The van der Waals surface area contributed by atoms with Crippen LogP contribution < -0.4 is 14.8 Å². The van der Waals surface area contributed by atoms with Gasteiger partial charge in [-0.05, 0) is 65.8 Å². The van der Waals surface area contributed by atoms with Gasteiger partial charge in [0.05, 0.1) is 18.7 Å². The Bertz CT molecular complexity index is 403. The summed E-state index contributed by atoms with van der Waals surface area (Å²) in [7, 11) is 3.38. The zero-order valence-electron chi connectivity index (χ0n) is 11.0. The van der Waals surface area contributed by atoms with E-state index in [-0.39, 0.29) is 0 Å². The van der Waals surface area contributed by atoms with Gasteiger partial charge in [0.25, 0.3) is 0 Å². The summed E-state index contributed by atoms with van der Waals surface area (Å²) in [5.74, 6) is 2.40. The summed E-state index contributed by atoms with van der Waals surface area (Å²) in [6.45, 7) is 2.25. The van der Waals surface area contributed by atoms with Gasteiger partial charge in [-0.1, -0.05) is 6.07 Å². The van der Waals surface area contributed by atoms with Crippen LogP contribution in [0.4, 0.5) is 0 Å². The maximum Gasteiger partial charge on any atom is 0.175 e. The molecule has 1 saturated heterocycles. The van der Waals surface area contributed by atoms with Crippen LogP contribution in [0, 0.1) is 5.92 Å². The molecule has 1 N–H and O–H groups in total. The van der Waals surface area contributed by atoms with Gasteiger partial charge in [-0.2, -0.15) is 0 Å². The van der Waals surface area contributed by atoms with Gasteiger partial charge < -0.3 is 14.8 Å². The highest BCUT2D eigenvalue weighted by Gasteiger charge is 2.19. The lowest BCUT2D eigenvalue weighted by Crippen LogP contribution is -2.28. The SMILES string of the molecule is COc1c(Br)ccc(CC2CCNCC2)c1OC. The van der Waals surface area contributed by atoms with Crippen molar-refractivity contribution < 1.29 is 9.47 Å². The smallest absolute Gasteiger partial charge is 0.175 e. The largest absolute Gasteiger partial charge is 0.493 e. The maximum atomic E-state index is 5.52. The van der Waals surface area contributed by atoms with E-state index in [0.717, 1.165) is 41.4 Å². The quantitative estimate of drug-likeness (QED) is 0.927. The van der Waals surface area contributed by atoms with E-state index >= 15 is 0 Å². The highest BCUT2D eigenvalue weighted by atomic mass is 79.9. The van der Waals surface area contributed by atoms with Crippen LogP contribution in [0.3, 0.4) is 0 Å². The van der Waals surface area contributed by atoms with Gasteiger partial charge in [-0.15, -0.1) is 0 Å². The van der Waals surface area contributed by atoms with Crippen molar-refractivity contribution in [1.82, 2.24) is 5.32 Å². The molecule has 0 atom stereocenters. The van der Waals surface area contributed by atoms with Gasteiger partial charge in [0.1, 0.15) is 0 Å². The molecule has 1 aliphatic heterocycles. The molecule has 0 radical (unpaired) electrons. The highest BCUT2D eigenvalue weighted by molar-refractivity contribution is 9.10. The molecule has 0 amide bonds. The van der Waals surface area contributed by atoms with Crippen molar-refractivity contribution in [2.75, 3.05) is 27.3 Å². The highest BCUT2D eigenvalue weighted by Crippen LogP contribution is 2.39. The zero-order chi connectivity index (χ0) is 13.0. The molecular weight excluding hydrogens is 294 g/mol. The molecule has 0 unspecified atom stereocenters. The maximum absolute atomic E-state index is 5.52. The van der Waals surface area contributed by atoms with Crippen LogP contribution in [0.2, 0.25) is 0 Å². The van der Waals surface area contributed by atoms with Crippen molar-refractivity contribution in [2.24, 2.45) is 5.92 Å². The predicted molar refractivity (Wildman–Crippen MR) is 76.5 cm³/mol. The lowest BCUT2D eigenvalue weighted by molar-refractivity contribution is 0.338. The average molecular weight is 314 g/mol. The summed E-state index contributed by atoms with van der Waals surface area (Å²) in [5, 5.41) is 3.40. The van der Waals surface area contributed by atoms with E-state index in [1.807, 2.05) is 6.07 Å². The summed E-state index contributed by atoms with van der Waals surface area (Å²) in [6.07, 6.45) is 3.54. The third kappa shape index (κ3) is 2.98. The molecule has 3 nitrogen and oxygen atoms in total. The zero-order valence-corrected chi connectivity index (χ0v) is 12.5. The van der Waals surface area contributed by atoms with Crippen molar-refractivity contribution >= 4 is 15.9 Å². The lowest BCUT2D eigenvalue weighted by Gasteiger charge is -2.24. The first kappa shape index (κ1) is 13.7. The minimum Gasteiger partial charge on any atom is -0.493 e. The van der Waals surface area contributed by atoms with E-state index in [4.69, 9.17) is 9.47 Å². The van der Waals surface area contributed by atoms with E-state index < -0.39 is 0 Å². The molecule has 1 heterocycles. The van der Waals surface area contributed by atoms with Crippen LogP contribution in [0.15, 0.2) is 16.6 Å². The molecule has 18 heavy (non-hydrogen) atoms. The van der Waals surface area contributed by atoms with Crippen molar-refractivity contribution in [1.29, 1.82) is 0 Å². The Kier molecular flexibility index (Phi) is 4.89. The molecular formula is C14H20BrNO2. The Morgan fingerprint density at radius 1 is 1.17 bits per heavy atom. The summed E-state index contributed by atoms with van der Waals surface area (Å²) >= 11 is 3.49. The first-order valence-electron chi connectivity index (χ1n) is 6.36. The van der Waals surface area contributed by atoms with Gasteiger partial charge in [0, 0.05) is 0 Å². The Hall–Kier alpha value is -0.740. The fourth-order valence-corrected chi connectivity index (χ4v) is 3.03. The Labute approximate surface area is 117 Å². The predicted octanol–water partition coefficient (Wildman–Crippen LogP) is 3.01. The molecule has 1 aromatic rings. The van der Waals surface area contributed by atoms with Crippen LogP contribution in [0.1, 0.15) is 18.4 Å². The van der Waals surface area contributed by atoms with Gasteiger partial charge in [0.2, 0.25) is 0 Å². The number of methoxy groups -OCH3 is 2. The molecule has 0 spiro atoms. The second-order valence-corrected chi connectivity index (χ2v) is 5.52. The summed E-state index contributed by atoms with van der Waals surface area (Å²) in [4.78, 5) is 0. The third-order valence-corrected chi connectivity index (χ3v) is 4.15. The van der Waals surface area contributed by atoms with Crippen LogP contribution in [-0.4, -0.2) is 27.3 Å². The number of rotatable bonds is 4. The molecule has 4 heteroatoms. The van der Waals surface area contributed by atoms with Crippen molar-refractivity contribution in [2.45, 2.75) is 19.3 Å². The molecule has 0 bridgehead atoms. The first-order valence-corrected chi connectivity index (χ1v) is 7.15. The van der Waals surface area contributed by atoms with E-state index in [0.29, 0.717) is 0 Å². The van der Waals surface area contributed by atoms with E-state index in [1.54, 1.807) is 14.2 Å². The summed E-state index contributed by atoms with van der Waals surface area (Å²) < 4.78 is 11.9. The van der Waals surface area contributed by atoms with Crippen LogP contribution in [0.25, 0.3) is 0 Å². The topological polar surface area (TPSA) is 30.5 Å². The fraction of sp³-hybridized carbons (Fsp3) is 0.571. The normalized spacial score (nSPS) is 16.6. The van der Waals surface area contributed by atoms with Crippen LogP contribution in [-0.2, 0) is 6.42 Å². The summed E-state index contributed by atoms with van der Waals surface area (Å²) in [6, 6.07) is 4.17. The molecule has 0 aliphatic carbocycles. The number of halogens is 1. The Morgan fingerprint density at radius 2 is 1.83 bits per heavy atom.